The number of tetrazole rings is 1. The maximum Gasteiger partial charge on any atom is 0.242 e. The number of carbonyl (C=O) groups is 1. The third kappa shape index (κ3) is 3.49. The van der Waals surface area contributed by atoms with Gasteiger partial charge in [0, 0.05) is 9.90 Å². The molecule has 0 unspecified atom stereocenters. The van der Waals surface area contributed by atoms with Gasteiger partial charge in [0.05, 0.1) is 6.04 Å². The zero-order valence-electron chi connectivity index (χ0n) is 11.4. The summed E-state index contributed by atoms with van der Waals surface area (Å²) in [6.07, 6.45) is 1.40. The summed E-state index contributed by atoms with van der Waals surface area (Å²) in [5.74, 6) is -0.166. The fraction of sp³-hybridized carbons (Fsp3) is 0.143. The number of hydrogen-bond acceptors (Lipinski definition) is 5. The van der Waals surface area contributed by atoms with E-state index in [1.54, 1.807) is 11.3 Å². The molecule has 0 aliphatic heterocycles. The average Bonchev–Trinajstić information content (AvgIpc) is 3.19. The lowest BCUT2D eigenvalue weighted by Crippen LogP contribution is -2.32. The second kappa shape index (κ2) is 6.67. The SMILES string of the molecule is O=C(Cn1cnnn1)N[C@H](c1ccc(Cl)cc1)c1cccs1. The van der Waals surface area contributed by atoms with E-state index in [2.05, 4.69) is 20.8 Å². The van der Waals surface area contributed by atoms with Gasteiger partial charge in [-0.05, 0) is 39.6 Å². The van der Waals surface area contributed by atoms with Gasteiger partial charge < -0.3 is 5.32 Å². The number of nitrogens with one attached hydrogen (secondary N) is 1. The van der Waals surface area contributed by atoms with Crippen LogP contribution in [0.4, 0.5) is 0 Å². The molecule has 0 saturated carbocycles. The van der Waals surface area contributed by atoms with E-state index in [9.17, 15) is 4.79 Å². The maximum atomic E-state index is 12.2. The molecule has 1 amide bonds. The fourth-order valence-electron chi connectivity index (χ4n) is 2.04. The highest BCUT2D eigenvalue weighted by Gasteiger charge is 2.18. The number of aromatic nitrogens is 4. The second-order valence-electron chi connectivity index (χ2n) is 4.57. The van der Waals surface area contributed by atoms with Crippen molar-refractivity contribution >= 4 is 28.8 Å². The van der Waals surface area contributed by atoms with Crippen LogP contribution in [0.1, 0.15) is 16.5 Å². The summed E-state index contributed by atoms with van der Waals surface area (Å²) < 4.78 is 1.38. The van der Waals surface area contributed by atoms with Crippen LogP contribution in [0.3, 0.4) is 0 Å². The third-order valence-corrected chi connectivity index (χ3v) is 4.22. The summed E-state index contributed by atoms with van der Waals surface area (Å²) >= 11 is 7.52. The van der Waals surface area contributed by atoms with E-state index in [4.69, 9.17) is 11.6 Å². The summed E-state index contributed by atoms with van der Waals surface area (Å²) in [4.78, 5) is 13.3. The predicted octanol–water partition coefficient (Wildman–Crippen LogP) is 2.29. The first kappa shape index (κ1) is 14.7. The minimum atomic E-state index is -0.221. The molecule has 0 saturated heterocycles. The molecule has 112 valence electrons. The molecule has 0 aliphatic rings. The first-order chi connectivity index (χ1) is 10.7. The van der Waals surface area contributed by atoms with Crippen molar-refractivity contribution in [2.45, 2.75) is 12.6 Å². The van der Waals surface area contributed by atoms with E-state index in [1.807, 2.05) is 41.8 Å². The Morgan fingerprint density at radius 3 is 2.77 bits per heavy atom. The lowest BCUT2D eigenvalue weighted by molar-refractivity contribution is -0.122. The van der Waals surface area contributed by atoms with E-state index < -0.39 is 0 Å². The molecule has 3 rings (SSSR count). The Labute approximate surface area is 135 Å². The van der Waals surface area contributed by atoms with E-state index >= 15 is 0 Å². The number of thiophene rings is 1. The Bertz CT molecular complexity index is 727. The summed E-state index contributed by atoms with van der Waals surface area (Å²) in [6, 6.07) is 11.2. The molecule has 6 nitrogen and oxygen atoms in total. The summed E-state index contributed by atoms with van der Waals surface area (Å²) in [5, 5.41) is 16.4. The molecule has 2 heterocycles. The van der Waals surface area contributed by atoms with Gasteiger partial charge in [0.1, 0.15) is 12.9 Å². The van der Waals surface area contributed by atoms with E-state index in [-0.39, 0.29) is 18.5 Å². The fourth-order valence-corrected chi connectivity index (χ4v) is 2.96. The van der Waals surface area contributed by atoms with Crippen molar-refractivity contribution in [3.63, 3.8) is 0 Å². The molecule has 0 bridgehead atoms. The number of carbonyl (C=O) groups excluding carboxylic acids is 1. The van der Waals surface area contributed by atoms with Crippen LogP contribution in [0.2, 0.25) is 5.02 Å². The van der Waals surface area contributed by atoms with Crippen molar-refractivity contribution in [1.82, 2.24) is 25.5 Å². The van der Waals surface area contributed by atoms with Crippen LogP contribution in [-0.2, 0) is 11.3 Å². The van der Waals surface area contributed by atoms with E-state index in [0.717, 1.165) is 10.4 Å². The zero-order chi connectivity index (χ0) is 15.4. The van der Waals surface area contributed by atoms with Gasteiger partial charge in [-0.15, -0.1) is 16.4 Å². The minimum Gasteiger partial charge on any atom is -0.343 e. The molecule has 2 aromatic heterocycles. The van der Waals surface area contributed by atoms with Crippen molar-refractivity contribution in [3.05, 3.63) is 63.6 Å². The Morgan fingerprint density at radius 2 is 2.14 bits per heavy atom. The highest BCUT2D eigenvalue weighted by Crippen LogP contribution is 2.27. The first-order valence-electron chi connectivity index (χ1n) is 6.51. The molecule has 0 radical (unpaired) electrons. The normalized spacial score (nSPS) is 12.0. The summed E-state index contributed by atoms with van der Waals surface area (Å²) in [7, 11) is 0. The van der Waals surface area contributed by atoms with Gasteiger partial charge in [-0.1, -0.05) is 29.8 Å². The molecule has 0 fully saturated rings. The third-order valence-electron chi connectivity index (χ3n) is 3.03. The minimum absolute atomic E-state index is 0.0719. The van der Waals surface area contributed by atoms with Crippen LogP contribution in [-0.4, -0.2) is 26.1 Å². The van der Waals surface area contributed by atoms with Gasteiger partial charge in [-0.3, -0.25) is 4.79 Å². The predicted molar refractivity (Wildman–Crippen MR) is 83.6 cm³/mol. The van der Waals surface area contributed by atoms with Gasteiger partial charge in [-0.25, -0.2) is 4.68 Å². The average molecular weight is 334 g/mol. The summed E-state index contributed by atoms with van der Waals surface area (Å²) in [6.45, 7) is 0.0719. The molecular weight excluding hydrogens is 322 g/mol. The first-order valence-corrected chi connectivity index (χ1v) is 7.77. The van der Waals surface area contributed by atoms with Gasteiger partial charge in [0.15, 0.2) is 0 Å². The van der Waals surface area contributed by atoms with Crippen LogP contribution in [0.25, 0.3) is 0 Å². The second-order valence-corrected chi connectivity index (χ2v) is 5.99. The molecule has 1 N–H and O–H groups in total. The molecule has 1 aromatic carbocycles. The molecule has 0 aliphatic carbocycles. The van der Waals surface area contributed by atoms with Crippen LogP contribution < -0.4 is 5.32 Å². The standard InChI is InChI=1S/C14H12ClN5OS/c15-11-5-3-10(4-6-11)14(12-2-1-7-22-12)17-13(21)8-20-9-16-18-19-20/h1-7,9,14H,8H2,(H,17,21)/t14-/m1/s1. The highest BCUT2D eigenvalue weighted by molar-refractivity contribution is 7.10. The molecule has 0 spiro atoms. The topological polar surface area (TPSA) is 72.7 Å². The van der Waals surface area contributed by atoms with E-state index in [0.29, 0.717) is 5.02 Å². The number of amides is 1. The van der Waals surface area contributed by atoms with Crippen LogP contribution in [0.15, 0.2) is 48.1 Å². The number of halogens is 1. The van der Waals surface area contributed by atoms with Crippen molar-refractivity contribution in [2.24, 2.45) is 0 Å². The number of benzene rings is 1. The summed E-state index contributed by atoms with van der Waals surface area (Å²) in [5.41, 5.74) is 0.969. The Kier molecular flexibility index (Phi) is 4.45. The molecule has 8 heteroatoms. The maximum absolute atomic E-state index is 12.2. The quantitative estimate of drug-likeness (QED) is 0.777. The van der Waals surface area contributed by atoms with Gasteiger partial charge in [-0.2, -0.15) is 0 Å². The molecule has 3 aromatic rings. The molecular formula is C14H12ClN5OS. The van der Waals surface area contributed by atoms with Crippen LogP contribution in [0, 0.1) is 0 Å². The number of rotatable bonds is 5. The number of nitrogens with zero attached hydrogens (tertiary/aromatic N) is 4. The van der Waals surface area contributed by atoms with Crippen LogP contribution in [0.5, 0.6) is 0 Å². The Morgan fingerprint density at radius 1 is 1.32 bits per heavy atom. The van der Waals surface area contributed by atoms with Crippen LogP contribution >= 0.6 is 22.9 Å². The van der Waals surface area contributed by atoms with Crippen molar-refractivity contribution in [1.29, 1.82) is 0 Å². The van der Waals surface area contributed by atoms with E-state index in [1.165, 1.54) is 11.0 Å². The Balaban J connectivity index is 1.80. The van der Waals surface area contributed by atoms with Gasteiger partial charge in [0.25, 0.3) is 0 Å². The lowest BCUT2D eigenvalue weighted by Gasteiger charge is -2.18. The van der Waals surface area contributed by atoms with Gasteiger partial charge in [0.2, 0.25) is 5.91 Å². The molecule has 22 heavy (non-hydrogen) atoms. The lowest BCUT2D eigenvalue weighted by atomic mass is 10.1. The highest BCUT2D eigenvalue weighted by atomic mass is 35.5. The zero-order valence-corrected chi connectivity index (χ0v) is 13.0. The van der Waals surface area contributed by atoms with Gasteiger partial charge >= 0.3 is 0 Å². The Hall–Kier alpha value is -2.25. The van der Waals surface area contributed by atoms with Crippen molar-refractivity contribution in [2.75, 3.05) is 0 Å². The monoisotopic (exact) mass is 333 g/mol. The van der Waals surface area contributed by atoms with Crippen molar-refractivity contribution < 1.29 is 4.79 Å². The largest absolute Gasteiger partial charge is 0.343 e. The number of hydrogen-bond donors (Lipinski definition) is 1. The molecule has 1 atom stereocenters. The smallest absolute Gasteiger partial charge is 0.242 e. The van der Waals surface area contributed by atoms with Crippen molar-refractivity contribution in [3.8, 4) is 0 Å².